The Bertz CT molecular complexity index is 878. The lowest BCUT2D eigenvalue weighted by molar-refractivity contribution is 1.11. The van der Waals surface area contributed by atoms with E-state index >= 15 is 0 Å². The third-order valence-corrected chi connectivity index (χ3v) is 4.16. The lowest BCUT2D eigenvalue weighted by atomic mass is 10.1. The van der Waals surface area contributed by atoms with Crippen LogP contribution in [0.2, 0.25) is 0 Å². The van der Waals surface area contributed by atoms with E-state index in [0.717, 1.165) is 6.42 Å². The normalized spacial score (nSPS) is 11.3. The van der Waals surface area contributed by atoms with Crippen LogP contribution in [0.1, 0.15) is 12.5 Å². The van der Waals surface area contributed by atoms with Gasteiger partial charge >= 0.3 is 0 Å². The molecule has 4 rings (SSSR count). The van der Waals surface area contributed by atoms with Gasteiger partial charge in [0.15, 0.2) is 0 Å². The van der Waals surface area contributed by atoms with Crippen molar-refractivity contribution in [1.82, 2.24) is 4.57 Å². The summed E-state index contributed by atoms with van der Waals surface area (Å²) in [4.78, 5) is 0. The van der Waals surface area contributed by atoms with Crippen molar-refractivity contribution >= 4 is 21.8 Å². The molecule has 0 unspecified atom stereocenters. The number of hydrogen-bond acceptors (Lipinski definition) is 0. The molecule has 0 saturated heterocycles. The van der Waals surface area contributed by atoms with Crippen LogP contribution in [0, 0.1) is 0 Å². The maximum Gasteiger partial charge on any atom is 0.0541 e. The molecule has 0 radical (unpaired) electrons. The van der Waals surface area contributed by atoms with Crippen molar-refractivity contribution in [2.45, 2.75) is 13.3 Å². The number of benzene rings is 3. The molecule has 0 saturated carbocycles. The first-order valence-electron chi connectivity index (χ1n) is 7.46. The zero-order valence-electron chi connectivity index (χ0n) is 12.1. The maximum absolute atomic E-state index is 2.36. The van der Waals surface area contributed by atoms with Crippen molar-refractivity contribution in [2.75, 3.05) is 0 Å². The van der Waals surface area contributed by atoms with Gasteiger partial charge in [0.25, 0.3) is 0 Å². The first-order valence-corrected chi connectivity index (χ1v) is 7.46. The summed E-state index contributed by atoms with van der Waals surface area (Å²) in [6.07, 6.45) is 1.06. The molecule has 0 fully saturated rings. The maximum atomic E-state index is 2.36. The molecule has 1 heterocycles. The molecule has 4 aromatic rings. The monoisotopic (exact) mass is 271 g/mol. The van der Waals surface area contributed by atoms with Gasteiger partial charge in [-0.3, -0.25) is 0 Å². The third kappa shape index (κ3) is 1.85. The standard InChI is InChI=1S/C20H17N/c1-2-15-8-7-9-16(14-15)21-19-12-5-3-10-17(19)18-11-4-6-13-20(18)21/h3-14H,2H2,1H3. The Balaban J connectivity index is 2.14. The van der Waals surface area contributed by atoms with E-state index in [1.54, 1.807) is 0 Å². The summed E-state index contributed by atoms with van der Waals surface area (Å²) in [7, 11) is 0. The zero-order chi connectivity index (χ0) is 14.2. The Morgan fingerprint density at radius 1 is 0.714 bits per heavy atom. The molecule has 102 valence electrons. The van der Waals surface area contributed by atoms with E-state index in [2.05, 4.69) is 84.3 Å². The van der Waals surface area contributed by atoms with Crippen molar-refractivity contribution < 1.29 is 0 Å². The topological polar surface area (TPSA) is 4.93 Å². The second kappa shape index (κ2) is 4.78. The third-order valence-electron chi connectivity index (χ3n) is 4.16. The lowest BCUT2D eigenvalue weighted by Gasteiger charge is -2.09. The van der Waals surface area contributed by atoms with Crippen molar-refractivity contribution in [2.24, 2.45) is 0 Å². The van der Waals surface area contributed by atoms with E-state index in [0.29, 0.717) is 0 Å². The smallest absolute Gasteiger partial charge is 0.0541 e. The Morgan fingerprint density at radius 2 is 1.33 bits per heavy atom. The Labute approximate surface area is 124 Å². The van der Waals surface area contributed by atoms with E-state index in [1.165, 1.54) is 33.1 Å². The number of aryl methyl sites for hydroxylation is 1. The van der Waals surface area contributed by atoms with Gasteiger partial charge in [-0.15, -0.1) is 0 Å². The number of rotatable bonds is 2. The van der Waals surface area contributed by atoms with Gasteiger partial charge in [-0.2, -0.15) is 0 Å². The minimum atomic E-state index is 1.06. The second-order valence-electron chi connectivity index (χ2n) is 5.39. The number of aromatic nitrogens is 1. The molecular weight excluding hydrogens is 254 g/mol. The molecule has 0 bridgehead atoms. The first kappa shape index (κ1) is 12.2. The summed E-state index contributed by atoms with van der Waals surface area (Å²) < 4.78 is 2.36. The predicted molar refractivity (Wildman–Crippen MR) is 90.2 cm³/mol. The largest absolute Gasteiger partial charge is 0.309 e. The number of nitrogens with zero attached hydrogens (tertiary/aromatic N) is 1. The van der Waals surface area contributed by atoms with E-state index in [1.807, 2.05) is 0 Å². The summed E-state index contributed by atoms with van der Waals surface area (Å²) in [5.41, 5.74) is 5.15. The first-order chi connectivity index (χ1) is 10.4. The molecule has 3 aromatic carbocycles. The SMILES string of the molecule is CCc1cccc(-n2c3ccccc3c3ccccc32)c1. The molecule has 0 amide bonds. The van der Waals surface area contributed by atoms with Gasteiger partial charge < -0.3 is 4.57 Å². The minimum absolute atomic E-state index is 1.06. The molecule has 1 heteroatoms. The quantitative estimate of drug-likeness (QED) is 0.463. The van der Waals surface area contributed by atoms with E-state index in [9.17, 15) is 0 Å². The molecule has 1 nitrogen and oxygen atoms in total. The fraction of sp³-hybridized carbons (Fsp3) is 0.100. The van der Waals surface area contributed by atoms with E-state index in [4.69, 9.17) is 0 Å². The highest BCUT2D eigenvalue weighted by Crippen LogP contribution is 2.31. The van der Waals surface area contributed by atoms with Gasteiger partial charge in [0.05, 0.1) is 11.0 Å². The fourth-order valence-corrected chi connectivity index (χ4v) is 3.12. The summed E-state index contributed by atoms with van der Waals surface area (Å²) in [6.45, 7) is 2.20. The zero-order valence-corrected chi connectivity index (χ0v) is 12.1. The Morgan fingerprint density at radius 3 is 1.95 bits per heavy atom. The van der Waals surface area contributed by atoms with Gasteiger partial charge in [-0.1, -0.05) is 55.5 Å². The Kier molecular flexibility index (Phi) is 2.78. The Hall–Kier alpha value is -2.54. The van der Waals surface area contributed by atoms with Crippen LogP contribution in [-0.2, 0) is 6.42 Å². The summed E-state index contributed by atoms with van der Waals surface area (Å²) in [5, 5.41) is 2.63. The van der Waals surface area contributed by atoms with Gasteiger partial charge in [0.2, 0.25) is 0 Å². The molecule has 0 aliphatic heterocycles. The lowest BCUT2D eigenvalue weighted by Crippen LogP contribution is -1.94. The van der Waals surface area contributed by atoms with Crippen LogP contribution in [0.15, 0.2) is 72.8 Å². The molecule has 0 aliphatic rings. The summed E-state index contributed by atoms with van der Waals surface area (Å²) in [6, 6.07) is 26.1. The molecule has 0 spiro atoms. The van der Waals surface area contributed by atoms with Crippen molar-refractivity contribution in [3.8, 4) is 5.69 Å². The number of hydrogen-bond donors (Lipinski definition) is 0. The number of para-hydroxylation sites is 2. The highest BCUT2D eigenvalue weighted by atomic mass is 15.0. The van der Waals surface area contributed by atoms with E-state index in [-0.39, 0.29) is 0 Å². The van der Waals surface area contributed by atoms with Crippen LogP contribution >= 0.6 is 0 Å². The van der Waals surface area contributed by atoms with E-state index < -0.39 is 0 Å². The summed E-state index contributed by atoms with van der Waals surface area (Å²) in [5.74, 6) is 0. The van der Waals surface area contributed by atoms with Crippen molar-refractivity contribution in [3.63, 3.8) is 0 Å². The fourth-order valence-electron chi connectivity index (χ4n) is 3.12. The molecule has 21 heavy (non-hydrogen) atoms. The average Bonchev–Trinajstić information content (AvgIpc) is 2.89. The van der Waals surface area contributed by atoms with Crippen LogP contribution in [0.4, 0.5) is 0 Å². The minimum Gasteiger partial charge on any atom is -0.309 e. The predicted octanol–water partition coefficient (Wildman–Crippen LogP) is 5.35. The highest BCUT2D eigenvalue weighted by Gasteiger charge is 2.10. The van der Waals surface area contributed by atoms with Crippen LogP contribution in [0.5, 0.6) is 0 Å². The second-order valence-corrected chi connectivity index (χ2v) is 5.39. The van der Waals surface area contributed by atoms with Gasteiger partial charge in [0.1, 0.15) is 0 Å². The van der Waals surface area contributed by atoms with Crippen molar-refractivity contribution in [1.29, 1.82) is 0 Å². The molecule has 0 N–H and O–H groups in total. The van der Waals surface area contributed by atoms with Crippen LogP contribution in [0.25, 0.3) is 27.5 Å². The van der Waals surface area contributed by atoms with Gasteiger partial charge in [-0.25, -0.2) is 0 Å². The van der Waals surface area contributed by atoms with Crippen molar-refractivity contribution in [3.05, 3.63) is 78.4 Å². The van der Waals surface area contributed by atoms with Gasteiger partial charge in [-0.05, 0) is 36.2 Å². The molecule has 0 aliphatic carbocycles. The molecule has 1 aromatic heterocycles. The number of fused-ring (bicyclic) bond motifs is 3. The molecule has 0 atom stereocenters. The van der Waals surface area contributed by atoms with Crippen LogP contribution in [0.3, 0.4) is 0 Å². The van der Waals surface area contributed by atoms with Gasteiger partial charge in [0, 0.05) is 16.5 Å². The summed E-state index contributed by atoms with van der Waals surface area (Å²) >= 11 is 0. The van der Waals surface area contributed by atoms with Crippen LogP contribution < -0.4 is 0 Å². The van der Waals surface area contributed by atoms with Crippen LogP contribution in [-0.4, -0.2) is 4.57 Å². The molecular formula is C20H17N. The average molecular weight is 271 g/mol. The highest BCUT2D eigenvalue weighted by molar-refractivity contribution is 6.09.